The lowest BCUT2D eigenvalue weighted by Crippen LogP contribution is -2.45. The van der Waals surface area contributed by atoms with E-state index in [-0.39, 0.29) is 36.4 Å². The fourth-order valence-corrected chi connectivity index (χ4v) is 2.87. The molecule has 1 aliphatic rings. The standard InChI is InChI=1S/C18H36N4O2.HI/c1-5-15-8-10-16(11-9-15)21-18(19-12-7-13-24-6-2)20-14-17(23)22(3)4;/h15-16H,5-14H2,1-4H3,(H2,19,20,21);1H. The summed E-state index contributed by atoms with van der Waals surface area (Å²) in [4.78, 5) is 17.8. The molecule has 0 atom stereocenters. The van der Waals surface area contributed by atoms with E-state index in [1.54, 1.807) is 19.0 Å². The number of nitrogens with zero attached hydrogens (tertiary/aromatic N) is 2. The largest absolute Gasteiger partial charge is 0.382 e. The van der Waals surface area contributed by atoms with Crippen LogP contribution in [0, 0.1) is 5.92 Å². The predicted octanol–water partition coefficient (Wildman–Crippen LogP) is 2.62. The average Bonchev–Trinajstić information content (AvgIpc) is 2.59. The van der Waals surface area contributed by atoms with E-state index in [1.165, 1.54) is 32.1 Å². The van der Waals surface area contributed by atoms with Crippen molar-refractivity contribution in [1.29, 1.82) is 0 Å². The van der Waals surface area contributed by atoms with Gasteiger partial charge in [-0.3, -0.25) is 4.79 Å². The van der Waals surface area contributed by atoms with E-state index < -0.39 is 0 Å². The summed E-state index contributed by atoms with van der Waals surface area (Å²) in [7, 11) is 3.51. The molecule has 25 heavy (non-hydrogen) atoms. The van der Waals surface area contributed by atoms with E-state index >= 15 is 0 Å². The van der Waals surface area contributed by atoms with Crippen molar-refractivity contribution in [3.05, 3.63) is 0 Å². The van der Waals surface area contributed by atoms with Gasteiger partial charge in [-0.1, -0.05) is 13.3 Å². The van der Waals surface area contributed by atoms with Crippen LogP contribution < -0.4 is 10.6 Å². The molecule has 6 nitrogen and oxygen atoms in total. The Bertz CT molecular complexity index is 383. The van der Waals surface area contributed by atoms with E-state index in [1.807, 2.05) is 6.92 Å². The topological polar surface area (TPSA) is 66.0 Å². The molecule has 7 heteroatoms. The van der Waals surface area contributed by atoms with Crippen LogP contribution in [0.15, 0.2) is 4.99 Å². The first kappa shape index (κ1) is 24.4. The molecule has 1 amide bonds. The molecule has 1 aliphatic carbocycles. The Hall–Kier alpha value is -0.570. The molecule has 0 bridgehead atoms. The second-order valence-corrected chi connectivity index (χ2v) is 6.70. The van der Waals surface area contributed by atoms with Crippen molar-refractivity contribution in [2.75, 3.05) is 40.4 Å². The minimum absolute atomic E-state index is 0. The second kappa shape index (κ2) is 14.6. The average molecular weight is 468 g/mol. The molecule has 0 spiro atoms. The zero-order valence-electron chi connectivity index (χ0n) is 16.3. The molecule has 148 valence electrons. The lowest BCUT2D eigenvalue weighted by Gasteiger charge is -2.29. The van der Waals surface area contributed by atoms with Gasteiger partial charge in [-0.2, -0.15) is 0 Å². The third-order valence-electron chi connectivity index (χ3n) is 4.60. The first-order chi connectivity index (χ1) is 11.6. The van der Waals surface area contributed by atoms with Gasteiger partial charge in [0.1, 0.15) is 6.54 Å². The summed E-state index contributed by atoms with van der Waals surface area (Å²) < 4.78 is 5.36. The van der Waals surface area contributed by atoms with Gasteiger partial charge < -0.3 is 20.3 Å². The number of halogens is 1. The SMILES string of the molecule is CCOCCCNC(=NCC(=O)N(C)C)NC1CCC(CC)CC1.I. The number of hydrogen-bond acceptors (Lipinski definition) is 3. The van der Waals surface area contributed by atoms with Crippen LogP contribution in [0.4, 0.5) is 0 Å². The van der Waals surface area contributed by atoms with Gasteiger partial charge >= 0.3 is 0 Å². The number of carbonyl (C=O) groups excluding carboxylic acids is 1. The molecule has 0 aromatic rings. The van der Waals surface area contributed by atoms with Crippen LogP contribution >= 0.6 is 24.0 Å². The van der Waals surface area contributed by atoms with Crippen LogP contribution in [0.1, 0.15) is 52.4 Å². The zero-order chi connectivity index (χ0) is 17.8. The highest BCUT2D eigenvalue weighted by atomic mass is 127. The molecule has 0 aromatic heterocycles. The summed E-state index contributed by atoms with van der Waals surface area (Å²) in [6, 6.07) is 0.459. The summed E-state index contributed by atoms with van der Waals surface area (Å²) in [5, 5.41) is 6.85. The van der Waals surface area contributed by atoms with Gasteiger partial charge in [-0.15, -0.1) is 24.0 Å². The van der Waals surface area contributed by atoms with Gasteiger partial charge in [-0.25, -0.2) is 4.99 Å². The maximum atomic E-state index is 11.8. The molecule has 2 N–H and O–H groups in total. The van der Waals surface area contributed by atoms with E-state index in [2.05, 4.69) is 22.5 Å². The normalized spacial score (nSPS) is 20.6. The molecule has 0 heterocycles. The van der Waals surface area contributed by atoms with Crippen molar-refractivity contribution in [3.63, 3.8) is 0 Å². The lowest BCUT2D eigenvalue weighted by molar-refractivity contribution is -0.127. The lowest BCUT2D eigenvalue weighted by atomic mass is 9.84. The van der Waals surface area contributed by atoms with Gasteiger partial charge in [0, 0.05) is 39.9 Å². The van der Waals surface area contributed by atoms with Crippen molar-refractivity contribution in [1.82, 2.24) is 15.5 Å². The highest BCUT2D eigenvalue weighted by Gasteiger charge is 2.20. The Morgan fingerprint density at radius 1 is 1.20 bits per heavy atom. The molecule has 0 aliphatic heterocycles. The number of carbonyl (C=O) groups is 1. The van der Waals surface area contributed by atoms with Crippen LogP contribution in [0.2, 0.25) is 0 Å². The van der Waals surface area contributed by atoms with Crippen molar-refractivity contribution < 1.29 is 9.53 Å². The molecule has 1 saturated carbocycles. The van der Waals surface area contributed by atoms with Crippen LogP contribution in [0.5, 0.6) is 0 Å². The number of ether oxygens (including phenoxy) is 1. The molecule has 1 rings (SSSR count). The van der Waals surface area contributed by atoms with E-state index in [0.717, 1.165) is 38.1 Å². The molecular formula is C18H37IN4O2. The number of aliphatic imine (C=N–C) groups is 1. The number of rotatable bonds is 9. The van der Waals surface area contributed by atoms with Crippen LogP contribution in [-0.4, -0.2) is 63.2 Å². The smallest absolute Gasteiger partial charge is 0.243 e. The summed E-state index contributed by atoms with van der Waals surface area (Å²) in [5.41, 5.74) is 0. The molecule has 1 fully saturated rings. The van der Waals surface area contributed by atoms with E-state index in [0.29, 0.717) is 6.04 Å². The number of nitrogens with one attached hydrogen (secondary N) is 2. The number of amides is 1. The van der Waals surface area contributed by atoms with Gasteiger partial charge in [0.15, 0.2) is 5.96 Å². The molecular weight excluding hydrogens is 431 g/mol. The maximum Gasteiger partial charge on any atom is 0.243 e. The zero-order valence-corrected chi connectivity index (χ0v) is 18.7. The number of hydrogen-bond donors (Lipinski definition) is 2. The van der Waals surface area contributed by atoms with Crippen LogP contribution in [-0.2, 0) is 9.53 Å². The second-order valence-electron chi connectivity index (χ2n) is 6.70. The first-order valence-corrected chi connectivity index (χ1v) is 9.39. The minimum Gasteiger partial charge on any atom is -0.382 e. The summed E-state index contributed by atoms with van der Waals surface area (Å²) in [6.07, 6.45) is 7.13. The monoisotopic (exact) mass is 468 g/mol. The third-order valence-corrected chi connectivity index (χ3v) is 4.60. The Balaban J connectivity index is 0.00000576. The molecule has 0 unspecified atom stereocenters. The highest BCUT2D eigenvalue weighted by Crippen LogP contribution is 2.26. The van der Waals surface area contributed by atoms with Crippen molar-refractivity contribution in [3.8, 4) is 0 Å². The van der Waals surface area contributed by atoms with Crippen LogP contribution in [0.3, 0.4) is 0 Å². The number of guanidine groups is 1. The number of likely N-dealkylation sites (N-methyl/N-ethyl adjacent to an activating group) is 1. The Morgan fingerprint density at radius 3 is 2.44 bits per heavy atom. The highest BCUT2D eigenvalue weighted by molar-refractivity contribution is 14.0. The molecule has 0 radical (unpaired) electrons. The minimum atomic E-state index is 0. The third kappa shape index (κ3) is 10.9. The quantitative estimate of drug-likeness (QED) is 0.236. The Morgan fingerprint density at radius 2 is 1.88 bits per heavy atom. The van der Waals surface area contributed by atoms with Gasteiger partial charge in [0.25, 0.3) is 0 Å². The Labute approximate surface area is 170 Å². The predicted molar refractivity (Wildman–Crippen MR) is 115 cm³/mol. The summed E-state index contributed by atoms with van der Waals surface area (Å²) in [6.45, 7) is 6.75. The van der Waals surface area contributed by atoms with Gasteiger partial charge in [-0.05, 0) is 44.9 Å². The molecule has 0 aromatic carbocycles. The van der Waals surface area contributed by atoms with Gasteiger partial charge in [0.2, 0.25) is 5.91 Å². The Kier molecular flexibility index (Phi) is 14.3. The summed E-state index contributed by atoms with van der Waals surface area (Å²) >= 11 is 0. The molecule has 0 saturated heterocycles. The maximum absolute atomic E-state index is 11.8. The van der Waals surface area contributed by atoms with E-state index in [4.69, 9.17) is 4.74 Å². The fourth-order valence-electron chi connectivity index (χ4n) is 2.87. The van der Waals surface area contributed by atoms with E-state index in [9.17, 15) is 4.79 Å². The fraction of sp³-hybridized carbons (Fsp3) is 0.889. The van der Waals surface area contributed by atoms with Crippen molar-refractivity contribution >= 4 is 35.8 Å². The van der Waals surface area contributed by atoms with Crippen molar-refractivity contribution in [2.24, 2.45) is 10.9 Å². The van der Waals surface area contributed by atoms with Crippen LogP contribution in [0.25, 0.3) is 0 Å². The van der Waals surface area contributed by atoms with Crippen molar-refractivity contribution in [2.45, 2.75) is 58.4 Å². The first-order valence-electron chi connectivity index (χ1n) is 9.39. The van der Waals surface area contributed by atoms with Gasteiger partial charge in [0.05, 0.1) is 0 Å². The summed E-state index contributed by atoms with van der Waals surface area (Å²) in [5.74, 6) is 1.64.